The molecule has 6 N–H and O–H groups in total. The molecule has 2 heterocycles. The summed E-state index contributed by atoms with van der Waals surface area (Å²) >= 11 is 0. The van der Waals surface area contributed by atoms with Gasteiger partial charge in [0.15, 0.2) is 5.82 Å². The Bertz CT molecular complexity index is 1390. The predicted octanol–water partition coefficient (Wildman–Crippen LogP) is 2.50. The van der Waals surface area contributed by atoms with E-state index in [0.29, 0.717) is 17.1 Å². The first kappa shape index (κ1) is 26.6. The largest absolute Gasteiger partial charge is 0.497 e. The molecule has 192 valence electrons. The molecule has 0 fully saturated rings. The van der Waals surface area contributed by atoms with Crippen molar-refractivity contribution in [1.82, 2.24) is 24.7 Å². The summed E-state index contributed by atoms with van der Waals surface area (Å²) in [7, 11) is 1.62. The zero-order valence-corrected chi connectivity index (χ0v) is 20.6. The Labute approximate surface area is 212 Å². The number of methoxy groups -OCH3 is 1. The first-order valence-corrected chi connectivity index (χ1v) is 11.3. The summed E-state index contributed by atoms with van der Waals surface area (Å²) in [4.78, 5) is 32.7. The molecule has 0 unspecified atom stereocenters. The van der Waals surface area contributed by atoms with Crippen LogP contribution in [-0.2, 0) is 11.2 Å². The molecule has 0 saturated carbocycles. The number of ether oxygens (including phenoxy) is 1. The molecular formula is C25H28N8O4. The lowest BCUT2D eigenvalue weighted by Crippen LogP contribution is -2.18. The number of anilines is 1. The maximum Gasteiger partial charge on any atom is 0.350 e. The van der Waals surface area contributed by atoms with Gasteiger partial charge in [-0.2, -0.15) is 0 Å². The van der Waals surface area contributed by atoms with Gasteiger partial charge in [-0.3, -0.25) is 15.2 Å². The third-order valence-corrected chi connectivity index (χ3v) is 5.12. The van der Waals surface area contributed by atoms with Crippen molar-refractivity contribution in [2.24, 2.45) is 5.73 Å². The number of rotatable bonds is 8. The van der Waals surface area contributed by atoms with E-state index in [2.05, 4.69) is 32.3 Å². The third kappa shape index (κ3) is 7.01. The van der Waals surface area contributed by atoms with Crippen LogP contribution < -0.4 is 21.5 Å². The van der Waals surface area contributed by atoms with Gasteiger partial charge in [-0.25, -0.2) is 14.8 Å². The number of carbonyl (C=O) groups is 1. The van der Waals surface area contributed by atoms with Gasteiger partial charge in [0.1, 0.15) is 17.6 Å². The number of aryl methyl sites for hydroxylation is 1. The minimum Gasteiger partial charge on any atom is -0.497 e. The molecule has 0 aliphatic rings. The Balaban J connectivity index is 0.000000886. The first-order valence-electron chi connectivity index (χ1n) is 11.3. The van der Waals surface area contributed by atoms with Gasteiger partial charge in [0, 0.05) is 30.6 Å². The van der Waals surface area contributed by atoms with Gasteiger partial charge in [0.05, 0.1) is 7.11 Å². The van der Waals surface area contributed by atoms with Crippen LogP contribution in [0.3, 0.4) is 0 Å². The fourth-order valence-corrected chi connectivity index (χ4v) is 3.40. The number of nitrogen functional groups attached to an aromatic ring is 1. The predicted molar refractivity (Wildman–Crippen MR) is 138 cm³/mol. The maximum atomic E-state index is 12.7. The maximum absolute atomic E-state index is 12.7. The zero-order chi connectivity index (χ0) is 26.9. The topological polar surface area (TPSA) is 185 Å². The number of hydrogen-bond donors (Lipinski definition) is 5. The fraction of sp³-hybridized carbons (Fsp3) is 0.200. The van der Waals surface area contributed by atoms with E-state index in [1.54, 1.807) is 37.7 Å². The van der Waals surface area contributed by atoms with Gasteiger partial charge in [-0.15, -0.1) is 9.78 Å². The Morgan fingerprint density at radius 2 is 1.86 bits per heavy atom. The van der Waals surface area contributed by atoms with Crippen molar-refractivity contribution in [2.45, 2.75) is 26.3 Å². The van der Waals surface area contributed by atoms with E-state index in [1.807, 2.05) is 30.3 Å². The van der Waals surface area contributed by atoms with E-state index < -0.39 is 17.7 Å². The summed E-state index contributed by atoms with van der Waals surface area (Å²) in [6, 6.07) is 14.2. The van der Waals surface area contributed by atoms with Gasteiger partial charge < -0.3 is 20.9 Å². The summed E-state index contributed by atoms with van der Waals surface area (Å²) in [6.45, 7) is 3.14. The Morgan fingerprint density at radius 3 is 2.43 bits per heavy atom. The van der Waals surface area contributed by atoms with E-state index in [0.717, 1.165) is 34.8 Å². The minimum atomic E-state index is -0.833. The molecule has 2 aromatic heterocycles. The van der Waals surface area contributed by atoms with Crippen LogP contribution in [0.5, 0.6) is 5.75 Å². The number of benzene rings is 2. The number of amidine groups is 1. The molecule has 4 rings (SSSR count). The average molecular weight is 505 g/mol. The quantitative estimate of drug-likeness (QED) is 0.178. The first-order chi connectivity index (χ1) is 17.7. The van der Waals surface area contributed by atoms with Gasteiger partial charge in [-0.05, 0) is 60.0 Å². The monoisotopic (exact) mass is 504 g/mol. The van der Waals surface area contributed by atoms with Gasteiger partial charge in [0.25, 0.3) is 11.9 Å². The van der Waals surface area contributed by atoms with E-state index in [-0.39, 0.29) is 11.8 Å². The van der Waals surface area contributed by atoms with Crippen LogP contribution in [0.25, 0.3) is 5.95 Å². The lowest BCUT2D eigenvalue weighted by atomic mass is 10.0. The van der Waals surface area contributed by atoms with Crippen molar-refractivity contribution in [3.63, 3.8) is 0 Å². The van der Waals surface area contributed by atoms with E-state index >= 15 is 0 Å². The van der Waals surface area contributed by atoms with Crippen LogP contribution >= 0.6 is 0 Å². The molecule has 0 bridgehead atoms. The summed E-state index contributed by atoms with van der Waals surface area (Å²) in [5, 5.41) is 22.9. The number of H-pyrrole nitrogens is 1. The fourth-order valence-electron chi connectivity index (χ4n) is 3.40. The highest BCUT2D eigenvalue weighted by Crippen LogP contribution is 2.29. The van der Waals surface area contributed by atoms with E-state index in [4.69, 9.17) is 25.8 Å². The normalized spacial score (nSPS) is 11.1. The van der Waals surface area contributed by atoms with Crippen molar-refractivity contribution in [1.29, 1.82) is 5.41 Å². The summed E-state index contributed by atoms with van der Waals surface area (Å²) in [5.41, 5.74) is 8.44. The SMILES string of the molecule is CC(=O)O.CCc1cc(OC)cc([C@H](Nc2ccc(C(=N)N)cc2)c2nn(-c3ncccn3)c(=O)[nH]2)c1. The number of hydrogen-bond acceptors (Lipinski definition) is 8. The Kier molecular flexibility index (Phi) is 8.71. The van der Waals surface area contributed by atoms with E-state index in [1.165, 1.54) is 0 Å². The molecule has 0 aliphatic heterocycles. The van der Waals surface area contributed by atoms with Crippen LogP contribution in [0.15, 0.2) is 65.7 Å². The van der Waals surface area contributed by atoms with Crippen LogP contribution in [0.4, 0.5) is 5.69 Å². The summed E-state index contributed by atoms with van der Waals surface area (Å²) in [5.74, 6) is 0.425. The molecule has 0 spiro atoms. The highest BCUT2D eigenvalue weighted by atomic mass is 16.5. The van der Waals surface area contributed by atoms with Gasteiger partial charge >= 0.3 is 5.69 Å². The average Bonchev–Trinajstić information content (AvgIpc) is 3.28. The molecule has 1 atom stereocenters. The van der Waals surface area contributed by atoms with Crippen LogP contribution in [0.2, 0.25) is 0 Å². The van der Waals surface area contributed by atoms with Crippen molar-refractivity contribution >= 4 is 17.5 Å². The molecule has 2 aromatic carbocycles. The second-order valence-corrected chi connectivity index (χ2v) is 7.83. The van der Waals surface area contributed by atoms with Crippen molar-refractivity contribution in [3.8, 4) is 11.7 Å². The Hall–Kier alpha value is -5.00. The number of carboxylic acids is 1. The number of aliphatic carboxylic acids is 1. The number of carboxylic acid groups (broad SMARTS) is 1. The highest BCUT2D eigenvalue weighted by Gasteiger charge is 2.22. The van der Waals surface area contributed by atoms with Gasteiger partial charge in [-0.1, -0.05) is 13.0 Å². The molecule has 4 aromatic rings. The number of aromatic amines is 1. The van der Waals surface area contributed by atoms with Crippen molar-refractivity contribution in [2.75, 3.05) is 12.4 Å². The molecule has 0 amide bonds. The van der Waals surface area contributed by atoms with Gasteiger partial charge in [0.2, 0.25) is 0 Å². The number of nitrogens with two attached hydrogens (primary N) is 1. The van der Waals surface area contributed by atoms with E-state index in [9.17, 15) is 4.79 Å². The number of aromatic nitrogens is 5. The minimum absolute atomic E-state index is 0.00980. The molecular weight excluding hydrogens is 476 g/mol. The number of nitrogens with zero attached hydrogens (tertiary/aromatic N) is 4. The molecule has 0 aliphatic carbocycles. The van der Waals surface area contributed by atoms with Crippen LogP contribution in [-0.4, -0.2) is 48.8 Å². The third-order valence-electron chi connectivity index (χ3n) is 5.12. The lowest BCUT2D eigenvalue weighted by molar-refractivity contribution is -0.134. The second kappa shape index (κ2) is 12.1. The molecule has 37 heavy (non-hydrogen) atoms. The van der Waals surface area contributed by atoms with Crippen LogP contribution in [0, 0.1) is 5.41 Å². The second-order valence-electron chi connectivity index (χ2n) is 7.83. The number of nitrogens with one attached hydrogen (secondary N) is 3. The summed E-state index contributed by atoms with van der Waals surface area (Å²) in [6.07, 6.45) is 3.91. The smallest absolute Gasteiger partial charge is 0.350 e. The molecule has 12 nitrogen and oxygen atoms in total. The summed E-state index contributed by atoms with van der Waals surface area (Å²) < 4.78 is 6.62. The lowest BCUT2D eigenvalue weighted by Gasteiger charge is -2.20. The molecule has 0 radical (unpaired) electrons. The highest BCUT2D eigenvalue weighted by molar-refractivity contribution is 5.95. The molecule has 12 heteroatoms. The molecule has 0 saturated heterocycles. The zero-order valence-electron chi connectivity index (χ0n) is 20.6. The van der Waals surface area contributed by atoms with Crippen molar-refractivity contribution < 1.29 is 14.6 Å². The standard InChI is InChI=1S/C23H24N8O2.C2H4O2/c1-3-14-11-16(13-18(12-14)33-2)19(28-17-7-5-15(6-8-17)20(24)25)21-29-23(32)31(30-21)22-26-9-4-10-27-22;1-2(3)4/h4-13,19,28H,3H2,1-2H3,(H3,24,25)(H,29,30,32);1H3,(H,3,4)/t19-;/m0./s1. The Morgan fingerprint density at radius 1 is 1.22 bits per heavy atom. The van der Waals surface area contributed by atoms with Crippen molar-refractivity contribution in [3.05, 3.63) is 93.9 Å². The van der Waals surface area contributed by atoms with Crippen LogP contribution in [0.1, 0.15) is 42.4 Å².